The predicted octanol–water partition coefficient (Wildman–Crippen LogP) is 7.04. The highest BCUT2D eigenvalue weighted by molar-refractivity contribution is 6.30. The van der Waals surface area contributed by atoms with Crippen LogP contribution in [0, 0.1) is 11.3 Å². The monoisotopic (exact) mass is 555 g/mol. The number of pyridine rings is 1. The Morgan fingerprint density at radius 2 is 1.68 bits per heavy atom. The van der Waals surface area contributed by atoms with Gasteiger partial charge in [-0.2, -0.15) is 13.2 Å². The van der Waals surface area contributed by atoms with Crippen LogP contribution in [-0.4, -0.2) is 28.4 Å². The van der Waals surface area contributed by atoms with E-state index in [0.717, 1.165) is 18.1 Å². The number of alkyl halides is 3. The van der Waals surface area contributed by atoms with Crippen molar-refractivity contribution in [1.29, 1.82) is 0 Å². The van der Waals surface area contributed by atoms with Crippen LogP contribution in [0.2, 0.25) is 5.15 Å². The van der Waals surface area contributed by atoms with Crippen molar-refractivity contribution in [2.75, 3.05) is 13.2 Å². The van der Waals surface area contributed by atoms with Crippen molar-refractivity contribution >= 4 is 11.6 Å². The van der Waals surface area contributed by atoms with Crippen LogP contribution in [0.1, 0.15) is 99.9 Å². The maximum absolute atomic E-state index is 13.1. The van der Waals surface area contributed by atoms with Crippen LogP contribution >= 0.6 is 11.6 Å². The van der Waals surface area contributed by atoms with Gasteiger partial charge in [-0.15, -0.1) is 0 Å². The van der Waals surface area contributed by atoms with E-state index >= 15 is 0 Å². The standard InChI is InChI=1S/C24H25ClF3NO4.C5H12/c1-21(2)11-15-17(16(30)12-21)18-19(20(25)29-15)23(31,33-22(18)7-9-32-10-8-22)13-3-5-14(6-4-13)24(26,27)28;1-4-5(2)3/h3-6,16,30-31H,7-12H2,1-2H3;5H,4H2,1-3H3. The van der Waals surface area contributed by atoms with E-state index in [1.165, 1.54) is 18.6 Å². The molecule has 2 aliphatic heterocycles. The maximum Gasteiger partial charge on any atom is 0.416 e. The van der Waals surface area contributed by atoms with Crippen molar-refractivity contribution in [2.24, 2.45) is 11.3 Å². The van der Waals surface area contributed by atoms with Gasteiger partial charge in [0.05, 0.1) is 17.2 Å². The van der Waals surface area contributed by atoms with Crippen LogP contribution in [0.15, 0.2) is 24.3 Å². The molecule has 1 saturated heterocycles. The molecule has 210 valence electrons. The molecule has 3 heterocycles. The Morgan fingerprint density at radius 1 is 1.11 bits per heavy atom. The number of ether oxygens (including phenoxy) is 2. The molecule has 3 aliphatic rings. The quantitative estimate of drug-likeness (QED) is 0.389. The molecule has 5 rings (SSSR count). The summed E-state index contributed by atoms with van der Waals surface area (Å²) in [5, 5.41) is 23.0. The Labute approximate surface area is 227 Å². The molecule has 0 saturated carbocycles. The van der Waals surface area contributed by atoms with Crippen molar-refractivity contribution in [3.05, 3.63) is 62.9 Å². The molecule has 5 nitrogen and oxygen atoms in total. The smallest absolute Gasteiger partial charge is 0.388 e. The van der Waals surface area contributed by atoms with Gasteiger partial charge in [0.2, 0.25) is 5.79 Å². The average Bonchev–Trinajstić information content (AvgIpc) is 3.07. The highest BCUT2D eigenvalue weighted by atomic mass is 35.5. The Morgan fingerprint density at radius 3 is 2.21 bits per heavy atom. The number of aromatic nitrogens is 1. The molecule has 0 radical (unpaired) electrons. The highest BCUT2D eigenvalue weighted by Gasteiger charge is 2.58. The fourth-order valence-electron chi connectivity index (χ4n) is 5.57. The second-order valence-corrected chi connectivity index (χ2v) is 12.2. The van der Waals surface area contributed by atoms with Gasteiger partial charge in [0.25, 0.3) is 0 Å². The minimum Gasteiger partial charge on any atom is -0.388 e. The summed E-state index contributed by atoms with van der Waals surface area (Å²) in [7, 11) is 0. The van der Waals surface area contributed by atoms with Crippen LogP contribution in [-0.2, 0) is 33.5 Å². The molecule has 1 aromatic carbocycles. The lowest BCUT2D eigenvalue weighted by Gasteiger charge is -2.40. The van der Waals surface area contributed by atoms with Crippen LogP contribution < -0.4 is 0 Å². The summed E-state index contributed by atoms with van der Waals surface area (Å²) < 4.78 is 51.2. The summed E-state index contributed by atoms with van der Waals surface area (Å²) in [6.07, 6.45) is -2.12. The molecule has 1 aromatic heterocycles. The summed E-state index contributed by atoms with van der Waals surface area (Å²) in [6.45, 7) is 11.5. The Bertz CT molecular complexity index is 1160. The SMILES string of the molecule is CC1(C)Cc2nc(Cl)c3c(c2C(O)C1)C1(CCOCC1)OC3(O)c1ccc(C(F)(F)F)cc1.CCC(C)C. The molecular weight excluding hydrogens is 519 g/mol. The van der Waals surface area contributed by atoms with Gasteiger partial charge in [-0.05, 0) is 36.3 Å². The molecule has 0 bridgehead atoms. The third-order valence-electron chi connectivity index (χ3n) is 7.85. The van der Waals surface area contributed by atoms with E-state index in [-0.39, 0.29) is 21.7 Å². The number of rotatable bonds is 2. The van der Waals surface area contributed by atoms with Gasteiger partial charge in [-0.1, -0.05) is 64.8 Å². The Hall–Kier alpha value is -1.71. The zero-order valence-corrected chi connectivity index (χ0v) is 23.3. The van der Waals surface area contributed by atoms with Gasteiger partial charge in [0.15, 0.2) is 0 Å². The Balaban J connectivity index is 0.000000617. The summed E-state index contributed by atoms with van der Waals surface area (Å²) in [5.74, 6) is -1.22. The zero-order valence-electron chi connectivity index (χ0n) is 22.6. The number of aliphatic hydroxyl groups is 2. The van der Waals surface area contributed by atoms with E-state index in [1.54, 1.807) is 0 Å². The topological polar surface area (TPSA) is 71.8 Å². The van der Waals surface area contributed by atoms with Crippen molar-refractivity contribution < 1.29 is 32.9 Å². The van der Waals surface area contributed by atoms with E-state index in [4.69, 9.17) is 21.1 Å². The van der Waals surface area contributed by atoms with E-state index in [0.29, 0.717) is 55.7 Å². The lowest BCUT2D eigenvalue weighted by Crippen LogP contribution is -2.39. The minimum absolute atomic E-state index is 0.0272. The molecule has 2 atom stereocenters. The lowest BCUT2D eigenvalue weighted by molar-refractivity contribution is -0.251. The average molecular weight is 556 g/mol. The maximum atomic E-state index is 13.1. The lowest BCUT2D eigenvalue weighted by atomic mass is 9.70. The zero-order chi connectivity index (χ0) is 28.1. The largest absolute Gasteiger partial charge is 0.416 e. The Kier molecular flexibility index (Phi) is 7.98. The molecule has 0 amide bonds. The molecule has 2 N–H and O–H groups in total. The molecule has 2 unspecified atom stereocenters. The molecule has 1 aliphatic carbocycles. The van der Waals surface area contributed by atoms with Gasteiger partial charge in [0, 0.05) is 48.4 Å². The van der Waals surface area contributed by atoms with E-state index in [2.05, 4.69) is 25.8 Å². The molecule has 2 aromatic rings. The normalized spacial score (nSPS) is 25.5. The summed E-state index contributed by atoms with van der Waals surface area (Å²) in [6, 6.07) is 4.20. The molecule has 1 spiro atoms. The first-order chi connectivity index (χ1) is 17.6. The highest BCUT2D eigenvalue weighted by Crippen LogP contribution is 2.59. The van der Waals surface area contributed by atoms with Gasteiger partial charge >= 0.3 is 6.18 Å². The molecule has 9 heteroatoms. The third kappa shape index (κ3) is 5.35. The number of halogens is 4. The third-order valence-corrected chi connectivity index (χ3v) is 8.13. The fourth-order valence-corrected chi connectivity index (χ4v) is 5.89. The van der Waals surface area contributed by atoms with Crippen LogP contribution in [0.4, 0.5) is 13.2 Å². The minimum atomic E-state index is -4.51. The first-order valence-electron chi connectivity index (χ1n) is 13.2. The summed E-state index contributed by atoms with van der Waals surface area (Å²) in [5.41, 5.74) is 0.171. The number of fused-ring (bicyclic) bond motifs is 4. The van der Waals surface area contributed by atoms with Crippen LogP contribution in [0.3, 0.4) is 0 Å². The summed E-state index contributed by atoms with van der Waals surface area (Å²) in [4.78, 5) is 4.54. The molecule has 1 fully saturated rings. The van der Waals surface area contributed by atoms with E-state index < -0.39 is 29.2 Å². The number of benzene rings is 1. The first kappa shape index (κ1) is 29.3. The number of aliphatic hydroxyl groups excluding tert-OH is 1. The van der Waals surface area contributed by atoms with Gasteiger partial charge in [-0.25, -0.2) is 4.98 Å². The first-order valence-corrected chi connectivity index (χ1v) is 13.6. The van der Waals surface area contributed by atoms with Crippen molar-refractivity contribution in [3.63, 3.8) is 0 Å². The van der Waals surface area contributed by atoms with Crippen molar-refractivity contribution in [2.45, 2.75) is 90.4 Å². The fraction of sp³-hybridized carbons (Fsp3) is 0.621. The van der Waals surface area contributed by atoms with Gasteiger partial charge in [-0.3, -0.25) is 0 Å². The number of hydrogen-bond donors (Lipinski definition) is 2. The second kappa shape index (κ2) is 10.4. The number of hydrogen-bond acceptors (Lipinski definition) is 5. The van der Waals surface area contributed by atoms with E-state index in [9.17, 15) is 23.4 Å². The van der Waals surface area contributed by atoms with Crippen LogP contribution in [0.25, 0.3) is 0 Å². The second-order valence-electron chi connectivity index (χ2n) is 11.8. The van der Waals surface area contributed by atoms with Crippen LogP contribution in [0.5, 0.6) is 0 Å². The molecule has 38 heavy (non-hydrogen) atoms. The predicted molar refractivity (Wildman–Crippen MR) is 139 cm³/mol. The van der Waals surface area contributed by atoms with E-state index in [1.807, 2.05) is 13.8 Å². The van der Waals surface area contributed by atoms with Gasteiger partial charge < -0.3 is 19.7 Å². The number of nitrogens with zero attached hydrogens (tertiary/aromatic N) is 1. The van der Waals surface area contributed by atoms with Crippen molar-refractivity contribution in [1.82, 2.24) is 4.98 Å². The summed E-state index contributed by atoms with van der Waals surface area (Å²) >= 11 is 6.64. The molecular formula is C29H37ClF3NO4. The van der Waals surface area contributed by atoms with Gasteiger partial charge in [0.1, 0.15) is 10.8 Å². The van der Waals surface area contributed by atoms with Crippen molar-refractivity contribution in [3.8, 4) is 0 Å².